The predicted molar refractivity (Wildman–Crippen MR) is 111 cm³/mol. The van der Waals surface area contributed by atoms with Crippen LogP contribution < -0.4 is 0 Å². The summed E-state index contributed by atoms with van der Waals surface area (Å²) in [7, 11) is 0. The number of imidazole rings is 1. The van der Waals surface area contributed by atoms with Gasteiger partial charge in [0, 0.05) is 24.7 Å². The Kier molecular flexibility index (Phi) is 5.13. The Labute approximate surface area is 169 Å². The van der Waals surface area contributed by atoms with Crippen LogP contribution in [0.1, 0.15) is 31.3 Å². The number of benzene rings is 2. The lowest BCUT2D eigenvalue weighted by molar-refractivity contribution is -0.142. The molecule has 0 saturated carbocycles. The van der Waals surface area contributed by atoms with Gasteiger partial charge in [0.05, 0.1) is 23.0 Å². The Bertz CT molecular complexity index is 1000. The summed E-state index contributed by atoms with van der Waals surface area (Å²) in [6, 6.07) is 16.1. The molecule has 0 amide bonds. The Morgan fingerprint density at radius 2 is 2.00 bits per heavy atom. The number of carboxylic acid groups (broad SMARTS) is 1. The number of carboxylic acids is 1. The third kappa shape index (κ3) is 3.52. The summed E-state index contributed by atoms with van der Waals surface area (Å²) >= 11 is 6.20. The summed E-state index contributed by atoms with van der Waals surface area (Å²) < 4.78 is 2.23. The molecular formula is C22H24ClN3O2. The highest BCUT2D eigenvalue weighted by atomic mass is 35.5. The van der Waals surface area contributed by atoms with Crippen molar-refractivity contribution in [3.8, 4) is 0 Å². The van der Waals surface area contributed by atoms with Crippen molar-refractivity contribution in [1.82, 2.24) is 14.5 Å². The molecule has 2 aromatic carbocycles. The lowest BCUT2D eigenvalue weighted by atomic mass is 9.99. The van der Waals surface area contributed by atoms with E-state index in [1.54, 1.807) is 0 Å². The topological polar surface area (TPSA) is 58.4 Å². The molecule has 3 aromatic rings. The van der Waals surface area contributed by atoms with Gasteiger partial charge >= 0.3 is 5.97 Å². The van der Waals surface area contributed by atoms with E-state index in [0.29, 0.717) is 18.1 Å². The molecule has 1 aliphatic rings. The molecule has 1 aliphatic heterocycles. The van der Waals surface area contributed by atoms with Crippen molar-refractivity contribution in [2.24, 2.45) is 11.8 Å². The van der Waals surface area contributed by atoms with Gasteiger partial charge in [-0.15, -0.1) is 0 Å². The minimum absolute atomic E-state index is 0.0155. The van der Waals surface area contributed by atoms with Gasteiger partial charge in [-0.2, -0.15) is 0 Å². The molecule has 4 rings (SSSR count). The number of carbonyl (C=O) groups is 1. The third-order valence-corrected chi connectivity index (χ3v) is 6.04. The molecule has 3 atom stereocenters. The van der Waals surface area contributed by atoms with Crippen LogP contribution in [0, 0.1) is 11.8 Å². The average Bonchev–Trinajstić information content (AvgIpc) is 3.23. The number of rotatable bonds is 5. The molecule has 2 heterocycles. The van der Waals surface area contributed by atoms with Gasteiger partial charge in [0.15, 0.2) is 0 Å². The van der Waals surface area contributed by atoms with Crippen molar-refractivity contribution >= 4 is 28.6 Å². The van der Waals surface area contributed by atoms with Gasteiger partial charge in [-0.25, -0.2) is 4.98 Å². The zero-order valence-electron chi connectivity index (χ0n) is 16.0. The zero-order valence-corrected chi connectivity index (χ0v) is 16.8. The number of aliphatic carboxylic acids is 1. The maximum absolute atomic E-state index is 11.5. The fourth-order valence-electron chi connectivity index (χ4n) is 4.18. The Morgan fingerprint density at radius 3 is 2.68 bits per heavy atom. The van der Waals surface area contributed by atoms with Crippen LogP contribution in [0.5, 0.6) is 0 Å². The molecule has 1 N–H and O–H groups in total. The normalized spacial score (nSPS) is 21.2. The number of halogens is 1. The highest BCUT2D eigenvalue weighted by Crippen LogP contribution is 2.33. The van der Waals surface area contributed by atoms with E-state index in [1.807, 2.05) is 43.3 Å². The van der Waals surface area contributed by atoms with E-state index in [9.17, 15) is 9.90 Å². The molecule has 0 radical (unpaired) electrons. The number of aromatic nitrogens is 2. The van der Waals surface area contributed by atoms with Crippen LogP contribution in [-0.2, 0) is 11.3 Å². The van der Waals surface area contributed by atoms with Crippen LogP contribution in [0.4, 0.5) is 0 Å². The largest absolute Gasteiger partial charge is 0.481 e. The van der Waals surface area contributed by atoms with Crippen molar-refractivity contribution in [1.29, 1.82) is 0 Å². The molecule has 28 heavy (non-hydrogen) atoms. The van der Waals surface area contributed by atoms with E-state index in [1.165, 1.54) is 5.56 Å². The lowest BCUT2D eigenvalue weighted by Gasteiger charge is -2.24. The highest BCUT2D eigenvalue weighted by molar-refractivity contribution is 6.31. The van der Waals surface area contributed by atoms with Gasteiger partial charge in [-0.3, -0.25) is 9.69 Å². The van der Waals surface area contributed by atoms with Crippen LogP contribution >= 0.6 is 11.6 Å². The molecule has 5 nitrogen and oxygen atoms in total. The van der Waals surface area contributed by atoms with E-state index >= 15 is 0 Å². The molecule has 0 bridgehead atoms. The van der Waals surface area contributed by atoms with Gasteiger partial charge in [-0.05, 0) is 36.6 Å². The molecule has 1 unspecified atom stereocenters. The summed E-state index contributed by atoms with van der Waals surface area (Å²) in [5.41, 5.74) is 3.10. The van der Waals surface area contributed by atoms with Crippen molar-refractivity contribution < 1.29 is 9.90 Å². The molecule has 146 valence electrons. The summed E-state index contributed by atoms with van der Waals surface area (Å²) in [5.74, 6) is 0.0244. The number of likely N-dealkylation sites (tertiary alicyclic amines) is 1. The van der Waals surface area contributed by atoms with Crippen molar-refractivity contribution in [2.75, 3.05) is 13.1 Å². The monoisotopic (exact) mass is 397 g/mol. The van der Waals surface area contributed by atoms with E-state index in [0.717, 1.165) is 23.4 Å². The molecule has 1 saturated heterocycles. The maximum Gasteiger partial charge on any atom is 0.308 e. The highest BCUT2D eigenvalue weighted by Gasteiger charge is 2.38. The van der Waals surface area contributed by atoms with Gasteiger partial charge < -0.3 is 9.67 Å². The lowest BCUT2D eigenvalue weighted by Crippen LogP contribution is -2.28. The number of hydrogen-bond acceptors (Lipinski definition) is 3. The van der Waals surface area contributed by atoms with E-state index in [-0.39, 0.29) is 17.9 Å². The van der Waals surface area contributed by atoms with Crippen LogP contribution in [0.3, 0.4) is 0 Å². The first-order chi connectivity index (χ1) is 13.4. The summed E-state index contributed by atoms with van der Waals surface area (Å²) in [5, 5.41) is 10.1. The van der Waals surface area contributed by atoms with Crippen LogP contribution in [0.15, 0.2) is 48.5 Å². The first kappa shape index (κ1) is 19.0. The second-order valence-electron chi connectivity index (χ2n) is 7.73. The Morgan fingerprint density at radius 1 is 1.25 bits per heavy atom. The van der Waals surface area contributed by atoms with E-state index < -0.39 is 5.97 Å². The van der Waals surface area contributed by atoms with E-state index in [4.69, 9.17) is 16.6 Å². The molecular weight excluding hydrogens is 374 g/mol. The molecule has 0 aliphatic carbocycles. The fraction of sp³-hybridized carbons (Fsp3) is 0.364. The van der Waals surface area contributed by atoms with Gasteiger partial charge in [0.2, 0.25) is 0 Å². The fourth-order valence-corrected chi connectivity index (χ4v) is 4.34. The molecule has 1 aromatic heterocycles. The quantitative estimate of drug-likeness (QED) is 0.690. The molecule has 1 fully saturated rings. The second-order valence-corrected chi connectivity index (χ2v) is 8.16. The van der Waals surface area contributed by atoms with Crippen molar-refractivity contribution in [2.45, 2.75) is 26.4 Å². The second kappa shape index (κ2) is 7.57. The summed E-state index contributed by atoms with van der Waals surface area (Å²) in [6.07, 6.45) is 0. The number of nitrogens with zero attached hydrogens (tertiary/aromatic N) is 3. The van der Waals surface area contributed by atoms with Gasteiger partial charge in [-0.1, -0.05) is 48.9 Å². The van der Waals surface area contributed by atoms with Crippen molar-refractivity contribution in [3.05, 3.63) is 64.9 Å². The Balaban J connectivity index is 1.73. The molecule has 6 heteroatoms. The zero-order chi connectivity index (χ0) is 19.8. The van der Waals surface area contributed by atoms with Gasteiger partial charge in [0.1, 0.15) is 5.82 Å². The minimum atomic E-state index is -0.716. The van der Waals surface area contributed by atoms with Crippen LogP contribution in [-0.4, -0.2) is 38.6 Å². The van der Waals surface area contributed by atoms with Gasteiger partial charge in [0.25, 0.3) is 0 Å². The van der Waals surface area contributed by atoms with Crippen LogP contribution in [0.25, 0.3) is 11.0 Å². The maximum atomic E-state index is 11.5. The summed E-state index contributed by atoms with van der Waals surface area (Å²) in [6.45, 7) is 6.14. The number of hydrogen-bond donors (Lipinski definition) is 1. The first-order valence-electron chi connectivity index (χ1n) is 9.60. The van der Waals surface area contributed by atoms with Crippen LogP contribution in [0.2, 0.25) is 5.02 Å². The first-order valence-corrected chi connectivity index (χ1v) is 9.98. The third-order valence-electron chi connectivity index (χ3n) is 5.80. The smallest absolute Gasteiger partial charge is 0.308 e. The van der Waals surface area contributed by atoms with Crippen molar-refractivity contribution in [3.63, 3.8) is 0 Å². The minimum Gasteiger partial charge on any atom is -0.481 e. The predicted octanol–water partition coefficient (Wildman–Crippen LogP) is 4.45. The summed E-state index contributed by atoms with van der Waals surface area (Å²) in [4.78, 5) is 18.7. The van der Waals surface area contributed by atoms with E-state index in [2.05, 4.69) is 28.5 Å². The SMILES string of the molecule is CC(c1nc2cc(Cl)ccc2n1Cc1ccccc1)N1C[C@@H](C)[C@H](C(=O)O)C1. The Hall–Kier alpha value is -2.37. The number of fused-ring (bicyclic) bond motifs is 1. The standard InChI is InChI=1S/C22H24ClN3O2/c1-14-11-25(13-18(14)22(27)28)15(2)21-24-19-10-17(23)8-9-20(19)26(21)12-16-6-4-3-5-7-16/h3-10,14-15,18H,11-13H2,1-2H3,(H,27,28)/t14-,15?,18-/m1/s1. The molecule has 0 spiro atoms. The average molecular weight is 398 g/mol.